The fourth-order valence-corrected chi connectivity index (χ4v) is 2.17. The molecule has 0 heterocycles. The van der Waals surface area contributed by atoms with Gasteiger partial charge in [-0.3, -0.25) is 4.79 Å². The molecule has 0 aromatic heterocycles. The fraction of sp³-hybridized carbons (Fsp3) is 0.222. The van der Waals surface area contributed by atoms with E-state index in [0.29, 0.717) is 0 Å². The normalized spacial score (nSPS) is 12.1. The van der Waals surface area contributed by atoms with Crippen molar-refractivity contribution in [2.75, 3.05) is 14.2 Å². The molecule has 0 fully saturated rings. The van der Waals surface area contributed by atoms with Gasteiger partial charge < -0.3 is 14.9 Å². The second-order valence-electron chi connectivity index (χ2n) is 4.85. The largest absolute Gasteiger partial charge is 0.391 e. The lowest BCUT2D eigenvalue weighted by molar-refractivity contribution is -0.130. The Hall–Kier alpha value is -2.66. The molecule has 0 radical (unpaired) electrons. The molecule has 0 aliphatic carbocycles. The van der Waals surface area contributed by atoms with Gasteiger partial charge in [-0.15, -0.1) is 0 Å². The van der Waals surface area contributed by atoms with Gasteiger partial charge in [0.1, 0.15) is 6.61 Å². The Morgan fingerprint density at radius 1 is 1.17 bits per heavy atom. The van der Waals surface area contributed by atoms with Gasteiger partial charge in [-0.1, -0.05) is 59.8 Å². The van der Waals surface area contributed by atoms with Crippen molar-refractivity contribution in [3.63, 3.8) is 0 Å². The number of benzene rings is 2. The highest BCUT2D eigenvalue weighted by Crippen LogP contribution is 2.22. The van der Waals surface area contributed by atoms with Crippen LogP contribution < -0.4 is 5.32 Å². The molecule has 1 unspecified atom stereocenters. The Balaban J connectivity index is 2.05. The second kappa shape index (κ2) is 8.70. The Morgan fingerprint density at radius 2 is 1.87 bits per heavy atom. The predicted octanol–water partition coefficient (Wildman–Crippen LogP) is 2.67. The molecule has 2 aromatic rings. The molecule has 1 atom stereocenters. The lowest BCUT2D eigenvalue weighted by atomic mass is 10.0. The van der Waals surface area contributed by atoms with E-state index in [1.807, 2.05) is 54.6 Å². The third-order valence-corrected chi connectivity index (χ3v) is 3.35. The van der Waals surface area contributed by atoms with Crippen LogP contribution in [0.2, 0.25) is 0 Å². The maximum atomic E-state index is 11.9. The third-order valence-electron chi connectivity index (χ3n) is 3.35. The van der Waals surface area contributed by atoms with E-state index >= 15 is 0 Å². The minimum absolute atomic E-state index is 0.201. The molecule has 0 aliphatic rings. The van der Waals surface area contributed by atoms with Crippen molar-refractivity contribution in [1.29, 1.82) is 0 Å². The van der Waals surface area contributed by atoms with Crippen LogP contribution in [0.25, 0.3) is 0 Å². The van der Waals surface area contributed by atoms with E-state index in [2.05, 4.69) is 10.5 Å². The first-order valence-electron chi connectivity index (χ1n) is 7.29. The van der Waals surface area contributed by atoms with Crippen molar-refractivity contribution >= 4 is 12.1 Å². The Morgan fingerprint density at radius 3 is 2.57 bits per heavy atom. The van der Waals surface area contributed by atoms with Crippen LogP contribution in [0.1, 0.15) is 22.8 Å². The molecule has 2 rings (SSSR count). The summed E-state index contributed by atoms with van der Waals surface area (Å²) >= 11 is 0. The van der Waals surface area contributed by atoms with E-state index < -0.39 is 6.10 Å². The zero-order valence-electron chi connectivity index (χ0n) is 13.2. The number of ether oxygens (including phenoxy) is 1. The van der Waals surface area contributed by atoms with Gasteiger partial charge in [-0.2, -0.15) is 0 Å². The van der Waals surface area contributed by atoms with Crippen molar-refractivity contribution in [1.82, 2.24) is 5.32 Å². The Kier molecular flexibility index (Phi) is 6.32. The molecule has 0 aliphatic heterocycles. The number of methoxy groups -OCH3 is 1. The summed E-state index contributed by atoms with van der Waals surface area (Å²) < 4.78 is 5.30. The van der Waals surface area contributed by atoms with Gasteiger partial charge in [-0.05, 0) is 16.7 Å². The van der Waals surface area contributed by atoms with Crippen molar-refractivity contribution < 1.29 is 14.4 Å². The van der Waals surface area contributed by atoms with Crippen LogP contribution in [0.15, 0.2) is 59.8 Å². The van der Waals surface area contributed by atoms with Gasteiger partial charge >= 0.3 is 0 Å². The summed E-state index contributed by atoms with van der Waals surface area (Å²) in [6.07, 6.45) is 0.979. The molecule has 120 valence electrons. The highest BCUT2D eigenvalue weighted by molar-refractivity contribution is 5.82. The molecule has 0 saturated carbocycles. The number of carbonyl (C=O) groups excluding carboxylic acids is 1. The number of nitrogens with one attached hydrogen (secondary N) is 1. The SMILES string of the molecule is CNC(=O)C(OC)c1ccccc1CO/N=C\c1ccccc1. The summed E-state index contributed by atoms with van der Waals surface area (Å²) in [6, 6.07) is 17.2. The first-order valence-corrected chi connectivity index (χ1v) is 7.29. The average Bonchev–Trinajstić information content (AvgIpc) is 2.61. The number of carbonyl (C=O) groups is 1. The zero-order valence-corrected chi connectivity index (χ0v) is 13.2. The van der Waals surface area contributed by atoms with Crippen LogP contribution in [-0.2, 0) is 21.0 Å². The standard InChI is InChI=1S/C18H20N2O3/c1-19-18(21)17(22-2)16-11-7-6-10-15(16)13-23-20-12-14-8-4-3-5-9-14/h3-12,17H,13H2,1-2H3,(H,19,21)/b20-12-. The molecular weight excluding hydrogens is 292 g/mol. The van der Waals surface area contributed by atoms with Crippen LogP contribution in [0.4, 0.5) is 0 Å². The molecule has 0 spiro atoms. The maximum absolute atomic E-state index is 11.9. The maximum Gasteiger partial charge on any atom is 0.253 e. The van der Waals surface area contributed by atoms with Gasteiger partial charge in [0.2, 0.25) is 0 Å². The molecule has 0 bridgehead atoms. The minimum Gasteiger partial charge on any atom is -0.391 e. The summed E-state index contributed by atoms with van der Waals surface area (Å²) in [5.41, 5.74) is 2.58. The van der Waals surface area contributed by atoms with E-state index in [0.717, 1.165) is 16.7 Å². The van der Waals surface area contributed by atoms with E-state index in [1.165, 1.54) is 7.11 Å². The molecule has 2 aromatic carbocycles. The smallest absolute Gasteiger partial charge is 0.253 e. The van der Waals surface area contributed by atoms with Gasteiger partial charge in [-0.25, -0.2) is 0 Å². The lowest BCUT2D eigenvalue weighted by Crippen LogP contribution is -2.27. The molecule has 1 N–H and O–H groups in total. The molecule has 5 heteroatoms. The van der Waals surface area contributed by atoms with E-state index in [9.17, 15) is 4.79 Å². The first kappa shape index (κ1) is 16.7. The van der Waals surface area contributed by atoms with Crippen LogP contribution in [0.3, 0.4) is 0 Å². The molecule has 5 nitrogen and oxygen atoms in total. The third kappa shape index (κ3) is 4.66. The minimum atomic E-state index is -0.669. The van der Waals surface area contributed by atoms with E-state index in [1.54, 1.807) is 13.3 Å². The highest BCUT2D eigenvalue weighted by Gasteiger charge is 2.21. The summed E-state index contributed by atoms with van der Waals surface area (Å²) in [7, 11) is 3.09. The summed E-state index contributed by atoms with van der Waals surface area (Å²) in [5, 5.41) is 6.56. The van der Waals surface area contributed by atoms with Gasteiger partial charge in [0.05, 0.1) is 6.21 Å². The lowest BCUT2D eigenvalue weighted by Gasteiger charge is -2.17. The number of oxime groups is 1. The van der Waals surface area contributed by atoms with Crippen molar-refractivity contribution in [3.8, 4) is 0 Å². The summed E-state index contributed by atoms with van der Waals surface area (Å²) in [6.45, 7) is 0.260. The van der Waals surface area contributed by atoms with Gasteiger partial charge in [0.25, 0.3) is 5.91 Å². The number of hydrogen-bond donors (Lipinski definition) is 1. The summed E-state index contributed by atoms with van der Waals surface area (Å²) in [5.74, 6) is -0.201. The highest BCUT2D eigenvalue weighted by atomic mass is 16.6. The number of likely N-dealkylation sites (N-methyl/N-ethyl adjacent to an activating group) is 1. The van der Waals surface area contributed by atoms with E-state index in [-0.39, 0.29) is 12.5 Å². The van der Waals surface area contributed by atoms with Crippen molar-refractivity contribution in [3.05, 3.63) is 71.3 Å². The van der Waals surface area contributed by atoms with Crippen molar-refractivity contribution in [2.24, 2.45) is 5.16 Å². The quantitative estimate of drug-likeness (QED) is 0.631. The molecular formula is C18H20N2O3. The predicted molar refractivity (Wildman–Crippen MR) is 89.1 cm³/mol. The number of amides is 1. The second-order valence-corrected chi connectivity index (χ2v) is 4.85. The number of hydrogen-bond acceptors (Lipinski definition) is 4. The summed E-state index contributed by atoms with van der Waals surface area (Å²) in [4.78, 5) is 17.3. The average molecular weight is 312 g/mol. The molecule has 0 saturated heterocycles. The monoisotopic (exact) mass is 312 g/mol. The van der Waals surface area contributed by atoms with Crippen LogP contribution >= 0.6 is 0 Å². The fourth-order valence-electron chi connectivity index (χ4n) is 2.17. The molecule has 1 amide bonds. The van der Waals surface area contributed by atoms with Crippen LogP contribution in [0.5, 0.6) is 0 Å². The van der Waals surface area contributed by atoms with Crippen molar-refractivity contribution in [2.45, 2.75) is 12.7 Å². The van der Waals surface area contributed by atoms with Gasteiger partial charge in [0, 0.05) is 14.2 Å². The first-order chi connectivity index (χ1) is 11.3. The number of nitrogens with zero attached hydrogens (tertiary/aromatic N) is 1. The van der Waals surface area contributed by atoms with Crippen LogP contribution in [-0.4, -0.2) is 26.3 Å². The Labute approximate surface area is 135 Å². The number of rotatable bonds is 7. The van der Waals surface area contributed by atoms with E-state index in [4.69, 9.17) is 9.57 Å². The van der Waals surface area contributed by atoms with Gasteiger partial charge in [0.15, 0.2) is 6.10 Å². The molecule has 23 heavy (non-hydrogen) atoms. The zero-order chi connectivity index (χ0) is 16.5. The van der Waals surface area contributed by atoms with Crippen LogP contribution in [0, 0.1) is 0 Å². The topological polar surface area (TPSA) is 59.9 Å². The Bertz CT molecular complexity index is 656.